The molecule has 0 bridgehead atoms. The molecule has 1 atom stereocenters. The van der Waals surface area contributed by atoms with Gasteiger partial charge in [0.1, 0.15) is 0 Å². The molecule has 18 heavy (non-hydrogen) atoms. The minimum atomic E-state index is -0.843. The largest absolute Gasteiger partial charge is 0.481 e. The Morgan fingerprint density at radius 2 is 2.06 bits per heavy atom. The van der Waals surface area contributed by atoms with Crippen LogP contribution >= 0.6 is 0 Å². The van der Waals surface area contributed by atoms with E-state index in [0.717, 1.165) is 12.8 Å². The minimum absolute atomic E-state index is 0.0233. The topological polar surface area (TPSA) is 77.9 Å². The van der Waals surface area contributed by atoms with E-state index >= 15 is 0 Å². The van der Waals surface area contributed by atoms with Crippen molar-refractivity contribution in [1.29, 1.82) is 0 Å². The molecular formula is C12H18N2O4. The summed E-state index contributed by atoms with van der Waals surface area (Å²) in [7, 11) is 0. The fourth-order valence-electron chi connectivity index (χ4n) is 2.54. The first-order chi connectivity index (χ1) is 8.58. The van der Waals surface area contributed by atoms with Crippen LogP contribution in [-0.4, -0.2) is 58.9 Å². The minimum Gasteiger partial charge on any atom is -0.481 e. The number of hydrogen-bond donors (Lipinski definition) is 1. The molecule has 2 aliphatic heterocycles. The van der Waals surface area contributed by atoms with Gasteiger partial charge in [-0.25, -0.2) is 0 Å². The zero-order chi connectivity index (χ0) is 13.1. The molecule has 0 aliphatic carbocycles. The molecule has 0 aromatic heterocycles. The van der Waals surface area contributed by atoms with Gasteiger partial charge in [0.2, 0.25) is 11.8 Å². The summed E-state index contributed by atoms with van der Waals surface area (Å²) in [6, 6.07) is 0. The first-order valence-corrected chi connectivity index (χ1v) is 6.36. The second-order valence-corrected chi connectivity index (χ2v) is 4.94. The lowest BCUT2D eigenvalue weighted by molar-refractivity contribution is -0.147. The number of nitrogens with zero attached hydrogens (tertiary/aromatic N) is 2. The summed E-state index contributed by atoms with van der Waals surface area (Å²) >= 11 is 0. The van der Waals surface area contributed by atoms with E-state index < -0.39 is 11.9 Å². The Hall–Kier alpha value is -1.59. The van der Waals surface area contributed by atoms with Gasteiger partial charge in [-0.15, -0.1) is 0 Å². The summed E-state index contributed by atoms with van der Waals surface area (Å²) in [5.74, 6) is -1.41. The number of amides is 2. The molecule has 6 heteroatoms. The number of carbonyl (C=O) groups is 3. The Bertz CT molecular complexity index is 369. The number of carbonyl (C=O) groups excluding carboxylic acids is 2. The quantitative estimate of drug-likeness (QED) is 0.765. The monoisotopic (exact) mass is 254 g/mol. The maximum absolute atomic E-state index is 12.0. The van der Waals surface area contributed by atoms with E-state index in [4.69, 9.17) is 5.11 Å². The van der Waals surface area contributed by atoms with Crippen LogP contribution in [0.2, 0.25) is 0 Å². The molecule has 2 rings (SSSR count). The Morgan fingerprint density at radius 3 is 2.67 bits per heavy atom. The number of piperidine rings is 1. The lowest BCUT2D eigenvalue weighted by Gasteiger charge is -2.31. The molecule has 6 nitrogen and oxygen atoms in total. The van der Waals surface area contributed by atoms with Crippen LogP contribution in [0.3, 0.4) is 0 Å². The fraction of sp³-hybridized carbons (Fsp3) is 0.750. The van der Waals surface area contributed by atoms with Gasteiger partial charge in [-0.05, 0) is 19.3 Å². The first kappa shape index (κ1) is 12.9. The summed E-state index contributed by atoms with van der Waals surface area (Å²) in [5, 5.41) is 8.96. The molecule has 0 unspecified atom stereocenters. The zero-order valence-electron chi connectivity index (χ0n) is 10.3. The van der Waals surface area contributed by atoms with Crippen molar-refractivity contribution in [2.45, 2.75) is 25.7 Å². The zero-order valence-corrected chi connectivity index (χ0v) is 10.3. The molecule has 2 amide bonds. The van der Waals surface area contributed by atoms with Crippen LogP contribution in [0, 0.1) is 5.92 Å². The molecule has 1 N–H and O–H groups in total. The third kappa shape index (κ3) is 2.80. The maximum atomic E-state index is 12.0. The van der Waals surface area contributed by atoms with Crippen LogP contribution in [0.4, 0.5) is 0 Å². The molecule has 0 aromatic carbocycles. The van der Waals surface area contributed by atoms with E-state index in [1.165, 1.54) is 0 Å². The highest BCUT2D eigenvalue weighted by Crippen LogP contribution is 2.17. The van der Waals surface area contributed by atoms with Crippen molar-refractivity contribution in [3.8, 4) is 0 Å². The number of carboxylic acids is 1. The van der Waals surface area contributed by atoms with Crippen LogP contribution in [0.15, 0.2) is 0 Å². The van der Waals surface area contributed by atoms with Crippen LogP contribution < -0.4 is 0 Å². The van der Waals surface area contributed by atoms with E-state index in [1.54, 1.807) is 9.80 Å². The number of carboxylic acid groups (broad SMARTS) is 1. The average molecular weight is 254 g/mol. The van der Waals surface area contributed by atoms with Crippen molar-refractivity contribution in [3.05, 3.63) is 0 Å². The normalized spacial score (nSPS) is 24.4. The third-order valence-corrected chi connectivity index (χ3v) is 3.62. The van der Waals surface area contributed by atoms with Crippen molar-refractivity contribution < 1.29 is 19.5 Å². The third-order valence-electron chi connectivity index (χ3n) is 3.62. The Labute approximate surface area is 106 Å². The predicted octanol–water partition coefficient (Wildman–Crippen LogP) is -0.0680. The van der Waals surface area contributed by atoms with Gasteiger partial charge < -0.3 is 14.9 Å². The summed E-state index contributed by atoms with van der Waals surface area (Å²) in [4.78, 5) is 37.5. The van der Waals surface area contributed by atoms with Gasteiger partial charge in [0.05, 0.1) is 12.5 Å². The van der Waals surface area contributed by atoms with E-state index in [9.17, 15) is 14.4 Å². The lowest BCUT2D eigenvalue weighted by atomic mass is 9.98. The van der Waals surface area contributed by atoms with E-state index in [1.807, 2.05) is 0 Å². The Morgan fingerprint density at radius 1 is 1.28 bits per heavy atom. The SMILES string of the molecule is O=C(O)[C@@H]1CCCN(C(=O)CN2CCCC2=O)C1. The number of rotatable bonds is 3. The van der Waals surface area contributed by atoms with Gasteiger partial charge >= 0.3 is 5.97 Å². The lowest BCUT2D eigenvalue weighted by Crippen LogP contribution is -2.46. The van der Waals surface area contributed by atoms with Crippen molar-refractivity contribution >= 4 is 17.8 Å². The number of aliphatic carboxylic acids is 1. The van der Waals surface area contributed by atoms with Crippen LogP contribution in [-0.2, 0) is 14.4 Å². The molecule has 0 radical (unpaired) electrons. The summed E-state index contributed by atoms with van der Waals surface area (Å²) < 4.78 is 0. The van der Waals surface area contributed by atoms with Gasteiger partial charge in [-0.3, -0.25) is 14.4 Å². The highest BCUT2D eigenvalue weighted by molar-refractivity contribution is 5.86. The van der Waals surface area contributed by atoms with Crippen LogP contribution in [0.25, 0.3) is 0 Å². The highest BCUT2D eigenvalue weighted by atomic mass is 16.4. The van der Waals surface area contributed by atoms with Crippen LogP contribution in [0.1, 0.15) is 25.7 Å². The van der Waals surface area contributed by atoms with Crippen molar-refractivity contribution in [2.75, 3.05) is 26.2 Å². The standard InChI is InChI=1S/C12H18N2O4/c15-10-4-2-6-14(10)8-11(16)13-5-1-3-9(7-13)12(17)18/h9H,1-8H2,(H,17,18)/t9-/m1/s1. The first-order valence-electron chi connectivity index (χ1n) is 6.36. The molecule has 2 fully saturated rings. The molecule has 2 aliphatic rings. The van der Waals surface area contributed by atoms with E-state index in [0.29, 0.717) is 25.9 Å². The van der Waals surface area contributed by atoms with Gasteiger partial charge in [-0.2, -0.15) is 0 Å². The smallest absolute Gasteiger partial charge is 0.308 e. The second-order valence-electron chi connectivity index (χ2n) is 4.94. The molecular weight excluding hydrogens is 236 g/mol. The van der Waals surface area contributed by atoms with Gasteiger partial charge in [-0.1, -0.05) is 0 Å². The van der Waals surface area contributed by atoms with Crippen LogP contribution in [0.5, 0.6) is 0 Å². The summed E-state index contributed by atoms with van der Waals surface area (Å²) in [5.41, 5.74) is 0. The van der Waals surface area contributed by atoms with Gasteiger partial charge in [0, 0.05) is 26.1 Å². The van der Waals surface area contributed by atoms with E-state index in [2.05, 4.69) is 0 Å². The Balaban J connectivity index is 1.88. The second kappa shape index (κ2) is 5.37. The summed E-state index contributed by atoms with van der Waals surface area (Å²) in [6.45, 7) is 1.62. The molecule has 2 saturated heterocycles. The number of hydrogen-bond acceptors (Lipinski definition) is 3. The van der Waals surface area contributed by atoms with Crippen molar-refractivity contribution in [3.63, 3.8) is 0 Å². The average Bonchev–Trinajstić information content (AvgIpc) is 2.75. The van der Waals surface area contributed by atoms with Crippen molar-refractivity contribution in [2.24, 2.45) is 5.92 Å². The summed E-state index contributed by atoms with van der Waals surface area (Å²) in [6.07, 6.45) is 2.67. The molecule has 2 heterocycles. The molecule has 0 spiro atoms. The van der Waals surface area contributed by atoms with Gasteiger partial charge in [0.25, 0.3) is 0 Å². The highest BCUT2D eigenvalue weighted by Gasteiger charge is 2.30. The van der Waals surface area contributed by atoms with Gasteiger partial charge in [0.15, 0.2) is 0 Å². The fourth-order valence-corrected chi connectivity index (χ4v) is 2.54. The molecule has 0 saturated carbocycles. The Kier molecular flexibility index (Phi) is 3.84. The maximum Gasteiger partial charge on any atom is 0.308 e. The molecule has 0 aromatic rings. The molecule has 100 valence electrons. The number of likely N-dealkylation sites (tertiary alicyclic amines) is 2. The predicted molar refractivity (Wildman–Crippen MR) is 62.8 cm³/mol. The van der Waals surface area contributed by atoms with Crippen molar-refractivity contribution in [1.82, 2.24) is 9.80 Å². The van der Waals surface area contributed by atoms with E-state index in [-0.39, 0.29) is 24.9 Å².